The Kier molecular flexibility index (Phi) is 6.15. The van der Waals surface area contributed by atoms with Crippen molar-refractivity contribution >= 4 is 17.3 Å². The Labute approximate surface area is 137 Å². The van der Waals surface area contributed by atoms with Crippen molar-refractivity contribution in [1.29, 1.82) is 0 Å². The molecular weight excluding hydrogens is 291 g/mol. The molecule has 0 fully saturated rings. The van der Waals surface area contributed by atoms with Gasteiger partial charge in [-0.1, -0.05) is 25.5 Å². The van der Waals surface area contributed by atoms with E-state index in [0.717, 1.165) is 29.9 Å². The molecule has 1 N–H and O–H groups in total. The maximum absolute atomic E-state index is 12.8. The highest BCUT2D eigenvalue weighted by atomic mass is 19.1. The largest absolute Gasteiger partial charge is 0.375 e. The fraction of sp³-hybridized carbons (Fsp3) is 0.316. The Morgan fingerprint density at radius 2 is 1.74 bits per heavy atom. The summed E-state index contributed by atoms with van der Waals surface area (Å²) in [5, 5.41) is 2.86. The predicted octanol–water partition coefficient (Wildman–Crippen LogP) is 4.24. The normalized spacial score (nSPS) is 10.4. The van der Waals surface area contributed by atoms with Crippen LogP contribution in [0.3, 0.4) is 0 Å². The number of anilines is 2. The van der Waals surface area contributed by atoms with Gasteiger partial charge in [0.1, 0.15) is 5.82 Å². The number of carbonyl (C=O) groups is 1. The minimum Gasteiger partial charge on any atom is -0.375 e. The van der Waals surface area contributed by atoms with Crippen molar-refractivity contribution in [3.8, 4) is 0 Å². The summed E-state index contributed by atoms with van der Waals surface area (Å²) in [7, 11) is 2.07. The molecule has 0 spiro atoms. The van der Waals surface area contributed by atoms with E-state index in [1.165, 1.54) is 18.6 Å². The van der Waals surface area contributed by atoms with E-state index in [-0.39, 0.29) is 18.1 Å². The number of carbonyl (C=O) groups excluding carboxylic acids is 1. The maximum atomic E-state index is 12.8. The van der Waals surface area contributed by atoms with Gasteiger partial charge >= 0.3 is 0 Å². The zero-order valence-electron chi connectivity index (χ0n) is 13.7. The molecule has 0 radical (unpaired) electrons. The molecule has 0 saturated heterocycles. The molecule has 0 unspecified atom stereocenters. The Morgan fingerprint density at radius 3 is 2.35 bits per heavy atom. The molecule has 0 aliphatic rings. The second kappa shape index (κ2) is 8.32. The molecule has 0 saturated carbocycles. The fourth-order valence-corrected chi connectivity index (χ4v) is 2.32. The number of benzene rings is 2. The van der Waals surface area contributed by atoms with Crippen LogP contribution in [-0.4, -0.2) is 19.5 Å². The van der Waals surface area contributed by atoms with E-state index in [9.17, 15) is 9.18 Å². The highest BCUT2D eigenvalue weighted by molar-refractivity contribution is 5.92. The Balaban J connectivity index is 1.89. The maximum Gasteiger partial charge on any atom is 0.228 e. The minimum absolute atomic E-state index is 0.108. The van der Waals surface area contributed by atoms with Crippen molar-refractivity contribution in [2.75, 3.05) is 23.8 Å². The zero-order chi connectivity index (χ0) is 16.7. The predicted molar refractivity (Wildman–Crippen MR) is 93.4 cm³/mol. The summed E-state index contributed by atoms with van der Waals surface area (Å²) in [5.74, 6) is -0.402. The van der Waals surface area contributed by atoms with Crippen molar-refractivity contribution in [2.45, 2.75) is 26.2 Å². The summed E-state index contributed by atoms with van der Waals surface area (Å²) in [6.45, 7) is 3.19. The Morgan fingerprint density at radius 1 is 1.09 bits per heavy atom. The van der Waals surface area contributed by atoms with Crippen LogP contribution in [0.25, 0.3) is 0 Å². The molecule has 23 heavy (non-hydrogen) atoms. The highest BCUT2D eigenvalue weighted by Crippen LogP contribution is 2.17. The lowest BCUT2D eigenvalue weighted by Crippen LogP contribution is -2.18. The molecule has 0 aliphatic carbocycles. The molecule has 122 valence electrons. The first-order chi connectivity index (χ1) is 11.1. The number of rotatable bonds is 7. The third-order valence-electron chi connectivity index (χ3n) is 3.72. The quantitative estimate of drug-likeness (QED) is 0.829. The second-order valence-corrected chi connectivity index (χ2v) is 5.67. The number of halogens is 1. The van der Waals surface area contributed by atoms with Gasteiger partial charge in [0.05, 0.1) is 6.42 Å². The van der Waals surface area contributed by atoms with Crippen molar-refractivity contribution in [3.63, 3.8) is 0 Å². The summed E-state index contributed by atoms with van der Waals surface area (Å²) in [6.07, 6.45) is 2.56. The topological polar surface area (TPSA) is 32.3 Å². The van der Waals surface area contributed by atoms with Crippen LogP contribution in [-0.2, 0) is 11.2 Å². The summed E-state index contributed by atoms with van der Waals surface area (Å²) in [6, 6.07) is 13.8. The SMILES string of the molecule is CCCCN(C)c1ccc(NC(=O)Cc2ccc(F)cc2)cc1. The summed E-state index contributed by atoms with van der Waals surface area (Å²) in [5.41, 5.74) is 2.69. The van der Waals surface area contributed by atoms with Crippen LogP contribution in [0.4, 0.5) is 15.8 Å². The molecule has 0 aromatic heterocycles. The van der Waals surface area contributed by atoms with Gasteiger partial charge in [0.15, 0.2) is 0 Å². The van der Waals surface area contributed by atoms with Crippen LogP contribution in [0, 0.1) is 5.82 Å². The van der Waals surface area contributed by atoms with E-state index < -0.39 is 0 Å². The number of unbranched alkanes of at least 4 members (excludes halogenated alkanes) is 1. The first-order valence-electron chi connectivity index (χ1n) is 7.94. The summed E-state index contributed by atoms with van der Waals surface area (Å²) < 4.78 is 12.8. The molecular formula is C19H23FN2O. The first kappa shape index (κ1) is 17.0. The molecule has 0 heterocycles. The molecule has 2 rings (SSSR count). The van der Waals surface area contributed by atoms with Crippen LogP contribution in [0.1, 0.15) is 25.3 Å². The summed E-state index contributed by atoms with van der Waals surface area (Å²) >= 11 is 0. The van der Waals surface area contributed by atoms with Crippen molar-refractivity contribution in [2.24, 2.45) is 0 Å². The molecule has 1 amide bonds. The molecule has 4 heteroatoms. The van der Waals surface area contributed by atoms with Gasteiger partial charge in [0.25, 0.3) is 0 Å². The van der Waals surface area contributed by atoms with E-state index in [0.29, 0.717) is 0 Å². The standard InChI is InChI=1S/C19H23FN2O/c1-3-4-13-22(2)18-11-9-17(10-12-18)21-19(23)14-15-5-7-16(20)8-6-15/h5-12H,3-4,13-14H2,1-2H3,(H,21,23). The summed E-state index contributed by atoms with van der Waals surface area (Å²) in [4.78, 5) is 14.2. The van der Waals surface area contributed by atoms with E-state index in [2.05, 4.69) is 24.2 Å². The lowest BCUT2D eigenvalue weighted by atomic mass is 10.1. The molecule has 2 aromatic rings. The third-order valence-corrected chi connectivity index (χ3v) is 3.72. The van der Waals surface area contributed by atoms with Crippen LogP contribution < -0.4 is 10.2 Å². The average Bonchev–Trinajstić information content (AvgIpc) is 2.55. The lowest BCUT2D eigenvalue weighted by molar-refractivity contribution is -0.115. The van der Waals surface area contributed by atoms with Crippen molar-refractivity contribution in [1.82, 2.24) is 0 Å². The second-order valence-electron chi connectivity index (χ2n) is 5.67. The van der Waals surface area contributed by atoms with Gasteiger partial charge in [0.2, 0.25) is 5.91 Å². The Hall–Kier alpha value is -2.36. The Bertz CT molecular complexity index is 623. The van der Waals surface area contributed by atoms with Gasteiger partial charge in [0, 0.05) is 25.0 Å². The molecule has 0 aliphatic heterocycles. The molecule has 0 atom stereocenters. The fourth-order valence-electron chi connectivity index (χ4n) is 2.32. The highest BCUT2D eigenvalue weighted by Gasteiger charge is 2.05. The van der Waals surface area contributed by atoms with E-state index in [1.54, 1.807) is 12.1 Å². The molecule has 2 aromatic carbocycles. The van der Waals surface area contributed by atoms with E-state index in [1.807, 2.05) is 24.3 Å². The number of hydrogen-bond donors (Lipinski definition) is 1. The van der Waals surface area contributed by atoms with Crippen molar-refractivity contribution < 1.29 is 9.18 Å². The third kappa shape index (κ3) is 5.40. The van der Waals surface area contributed by atoms with Gasteiger partial charge in [-0.2, -0.15) is 0 Å². The van der Waals surface area contributed by atoms with E-state index >= 15 is 0 Å². The first-order valence-corrected chi connectivity index (χ1v) is 7.94. The van der Waals surface area contributed by atoms with Crippen LogP contribution in [0.15, 0.2) is 48.5 Å². The van der Waals surface area contributed by atoms with Crippen molar-refractivity contribution in [3.05, 3.63) is 59.9 Å². The van der Waals surface area contributed by atoms with E-state index in [4.69, 9.17) is 0 Å². The zero-order valence-corrected chi connectivity index (χ0v) is 13.7. The van der Waals surface area contributed by atoms with Gasteiger partial charge in [-0.25, -0.2) is 4.39 Å². The average molecular weight is 314 g/mol. The number of nitrogens with zero attached hydrogens (tertiary/aromatic N) is 1. The minimum atomic E-state index is -0.295. The van der Waals surface area contributed by atoms with Gasteiger partial charge in [-0.05, 0) is 48.4 Å². The number of nitrogens with one attached hydrogen (secondary N) is 1. The number of amides is 1. The van der Waals surface area contributed by atoms with Crippen LogP contribution in [0.5, 0.6) is 0 Å². The lowest BCUT2D eigenvalue weighted by Gasteiger charge is -2.19. The molecule has 0 bridgehead atoms. The smallest absolute Gasteiger partial charge is 0.228 e. The molecule has 3 nitrogen and oxygen atoms in total. The van der Waals surface area contributed by atoms with Gasteiger partial charge < -0.3 is 10.2 Å². The monoisotopic (exact) mass is 314 g/mol. The van der Waals surface area contributed by atoms with Gasteiger partial charge in [-0.15, -0.1) is 0 Å². The number of hydrogen-bond acceptors (Lipinski definition) is 2. The van der Waals surface area contributed by atoms with Crippen LogP contribution >= 0.6 is 0 Å². The van der Waals surface area contributed by atoms with Crippen LogP contribution in [0.2, 0.25) is 0 Å². The van der Waals surface area contributed by atoms with Gasteiger partial charge in [-0.3, -0.25) is 4.79 Å².